The molecule has 1 saturated heterocycles. The third-order valence-corrected chi connectivity index (χ3v) is 4.23. The van der Waals surface area contributed by atoms with Crippen LogP contribution in [0, 0.1) is 12.8 Å². The Labute approximate surface area is 143 Å². The van der Waals surface area contributed by atoms with Crippen molar-refractivity contribution in [2.24, 2.45) is 5.92 Å². The lowest BCUT2D eigenvalue weighted by Gasteiger charge is -2.14. The Balaban J connectivity index is 1.77. The lowest BCUT2D eigenvalue weighted by molar-refractivity contribution is 0.0827. The molecule has 2 rings (SSSR count). The average Bonchev–Trinajstić information content (AvgIpc) is 3.06. The van der Waals surface area contributed by atoms with Gasteiger partial charge in [-0.3, -0.25) is 4.79 Å². The van der Waals surface area contributed by atoms with Crippen LogP contribution in [0.1, 0.15) is 35.2 Å². The maximum absolute atomic E-state index is 12.0. The van der Waals surface area contributed by atoms with E-state index in [2.05, 4.69) is 10.6 Å². The van der Waals surface area contributed by atoms with E-state index < -0.39 is 0 Å². The standard InChI is InChI=1S/C18H27N3O3/c1-13-11-15(17(22)21(2)3)6-7-16(13)20-18(23)19-9-4-5-14-8-10-24-12-14/h6-7,11,14H,4-5,8-10,12H2,1-3H3,(H2,19,20,23)/t14-/m1/s1. The number of nitrogens with one attached hydrogen (secondary N) is 2. The molecule has 0 spiro atoms. The van der Waals surface area contributed by atoms with E-state index in [1.54, 1.807) is 32.3 Å². The summed E-state index contributed by atoms with van der Waals surface area (Å²) < 4.78 is 5.34. The fraction of sp³-hybridized carbons (Fsp3) is 0.556. The molecule has 0 aliphatic carbocycles. The summed E-state index contributed by atoms with van der Waals surface area (Å²) in [7, 11) is 3.43. The zero-order valence-electron chi connectivity index (χ0n) is 14.7. The molecule has 1 aliphatic heterocycles. The maximum atomic E-state index is 12.0. The lowest BCUT2D eigenvalue weighted by atomic mass is 10.0. The van der Waals surface area contributed by atoms with E-state index >= 15 is 0 Å². The number of carbonyl (C=O) groups is 2. The summed E-state index contributed by atoms with van der Waals surface area (Å²) in [4.78, 5) is 25.4. The van der Waals surface area contributed by atoms with Crippen molar-refractivity contribution in [2.45, 2.75) is 26.2 Å². The number of carbonyl (C=O) groups excluding carboxylic acids is 2. The molecule has 0 saturated carbocycles. The highest BCUT2D eigenvalue weighted by molar-refractivity contribution is 5.96. The molecule has 2 N–H and O–H groups in total. The highest BCUT2D eigenvalue weighted by Gasteiger charge is 2.15. The highest BCUT2D eigenvalue weighted by Crippen LogP contribution is 2.18. The molecule has 1 aromatic rings. The van der Waals surface area contributed by atoms with Crippen LogP contribution in [0.2, 0.25) is 0 Å². The SMILES string of the molecule is Cc1cc(C(=O)N(C)C)ccc1NC(=O)NCCC[C@@H]1CCOC1. The molecule has 24 heavy (non-hydrogen) atoms. The summed E-state index contributed by atoms with van der Waals surface area (Å²) >= 11 is 0. The van der Waals surface area contributed by atoms with Gasteiger partial charge in [-0.1, -0.05) is 0 Å². The van der Waals surface area contributed by atoms with Gasteiger partial charge in [0.15, 0.2) is 0 Å². The predicted octanol–water partition coefficient (Wildman–Crippen LogP) is 2.64. The van der Waals surface area contributed by atoms with Crippen LogP contribution in [0.15, 0.2) is 18.2 Å². The maximum Gasteiger partial charge on any atom is 0.319 e. The number of urea groups is 1. The topological polar surface area (TPSA) is 70.7 Å². The number of nitrogens with zero attached hydrogens (tertiary/aromatic N) is 1. The van der Waals surface area contributed by atoms with E-state index in [0.717, 1.165) is 38.0 Å². The van der Waals surface area contributed by atoms with Gasteiger partial charge in [0.1, 0.15) is 0 Å². The fourth-order valence-electron chi connectivity index (χ4n) is 2.77. The van der Waals surface area contributed by atoms with E-state index in [9.17, 15) is 9.59 Å². The molecule has 0 radical (unpaired) electrons. The summed E-state index contributed by atoms with van der Waals surface area (Å²) in [5, 5.41) is 5.71. The van der Waals surface area contributed by atoms with E-state index in [-0.39, 0.29) is 11.9 Å². The van der Waals surface area contributed by atoms with Gasteiger partial charge in [0, 0.05) is 45.1 Å². The summed E-state index contributed by atoms with van der Waals surface area (Å²) in [5.41, 5.74) is 2.19. The largest absolute Gasteiger partial charge is 0.381 e. The Morgan fingerprint density at radius 2 is 2.12 bits per heavy atom. The van der Waals surface area contributed by atoms with Crippen molar-refractivity contribution in [3.05, 3.63) is 29.3 Å². The molecule has 0 unspecified atom stereocenters. The Hall–Kier alpha value is -2.08. The first kappa shape index (κ1) is 18.3. The average molecular weight is 333 g/mol. The van der Waals surface area contributed by atoms with Crippen LogP contribution in [0.5, 0.6) is 0 Å². The van der Waals surface area contributed by atoms with Crippen LogP contribution >= 0.6 is 0 Å². The zero-order chi connectivity index (χ0) is 17.5. The molecular formula is C18H27N3O3. The number of rotatable bonds is 6. The van der Waals surface area contributed by atoms with E-state index in [4.69, 9.17) is 4.74 Å². The molecule has 1 aliphatic rings. The monoisotopic (exact) mass is 333 g/mol. The first-order valence-corrected chi connectivity index (χ1v) is 8.42. The smallest absolute Gasteiger partial charge is 0.319 e. The minimum absolute atomic E-state index is 0.0509. The van der Waals surface area contributed by atoms with Gasteiger partial charge in [-0.2, -0.15) is 0 Å². The number of hydrogen-bond acceptors (Lipinski definition) is 3. The summed E-state index contributed by atoms with van der Waals surface area (Å²) in [6, 6.07) is 5.07. The molecule has 6 heteroatoms. The second-order valence-electron chi connectivity index (χ2n) is 6.48. The van der Waals surface area contributed by atoms with E-state index in [1.807, 2.05) is 6.92 Å². The van der Waals surface area contributed by atoms with Gasteiger partial charge in [-0.25, -0.2) is 4.79 Å². The Morgan fingerprint density at radius 3 is 2.75 bits per heavy atom. The van der Waals surface area contributed by atoms with Crippen molar-refractivity contribution in [1.82, 2.24) is 10.2 Å². The van der Waals surface area contributed by atoms with Crippen LogP contribution in [0.4, 0.5) is 10.5 Å². The molecule has 1 atom stereocenters. The molecule has 1 heterocycles. The number of benzene rings is 1. The predicted molar refractivity (Wildman–Crippen MR) is 94.4 cm³/mol. The third-order valence-electron chi connectivity index (χ3n) is 4.23. The van der Waals surface area contributed by atoms with Gasteiger partial charge >= 0.3 is 6.03 Å². The minimum Gasteiger partial charge on any atom is -0.381 e. The second kappa shape index (κ2) is 8.68. The second-order valence-corrected chi connectivity index (χ2v) is 6.48. The zero-order valence-corrected chi connectivity index (χ0v) is 14.7. The van der Waals surface area contributed by atoms with E-state index in [1.165, 1.54) is 4.90 Å². The van der Waals surface area contributed by atoms with Gasteiger partial charge in [0.2, 0.25) is 0 Å². The number of anilines is 1. The molecule has 132 valence electrons. The summed E-state index contributed by atoms with van der Waals surface area (Å²) in [6.45, 7) is 4.24. The lowest BCUT2D eigenvalue weighted by Crippen LogP contribution is -2.30. The Morgan fingerprint density at radius 1 is 1.33 bits per heavy atom. The quantitative estimate of drug-likeness (QED) is 0.786. The summed E-state index contributed by atoms with van der Waals surface area (Å²) in [5.74, 6) is 0.587. The molecule has 1 aromatic carbocycles. The first-order valence-electron chi connectivity index (χ1n) is 8.42. The van der Waals surface area contributed by atoms with Gasteiger partial charge in [0.25, 0.3) is 5.91 Å². The van der Waals surface area contributed by atoms with Crippen molar-refractivity contribution in [3.8, 4) is 0 Å². The van der Waals surface area contributed by atoms with Gasteiger partial charge in [-0.15, -0.1) is 0 Å². The van der Waals surface area contributed by atoms with Crippen LogP contribution in [-0.2, 0) is 4.74 Å². The number of amides is 3. The number of ether oxygens (including phenoxy) is 1. The molecule has 6 nitrogen and oxygen atoms in total. The first-order chi connectivity index (χ1) is 11.5. The van der Waals surface area contributed by atoms with Crippen molar-refractivity contribution >= 4 is 17.6 Å². The molecular weight excluding hydrogens is 306 g/mol. The van der Waals surface area contributed by atoms with Crippen LogP contribution in [0.25, 0.3) is 0 Å². The van der Waals surface area contributed by atoms with Crippen molar-refractivity contribution in [3.63, 3.8) is 0 Å². The fourth-order valence-corrected chi connectivity index (χ4v) is 2.77. The van der Waals surface area contributed by atoms with Crippen LogP contribution < -0.4 is 10.6 Å². The molecule has 0 bridgehead atoms. The van der Waals surface area contributed by atoms with Gasteiger partial charge in [0.05, 0.1) is 0 Å². The third kappa shape index (κ3) is 5.23. The Kier molecular flexibility index (Phi) is 6.61. The van der Waals surface area contributed by atoms with Crippen LogP contribution in [0.3, 0.4) is 0 Å². The Bertz CT molecular complexity index is 581. The van der Waals surface area contributed by atoms with Gasteiger partial charge < -0.3 is 20.3 Å². The van der Waals surface area contributed by atoms with Crippen LogP contribution in [-0.4, -0.2) is 50.7 Å². The van der Waals surface area contributed by atoms with Crippen molar-refractivity contribution in [1.29, 1.82) is 0 Å². The van der Waals surface area contributed by atoms with Gasteiger partial charge in [-0.05, 0) is 55.9 Å². The minimum atomic E-state index is -0.215. The van der Waals surface area contributed by atoms with Crippen molar-refractivity contribution < 1.29 is 14.3 Å². The van der Waals surface area contributed by atoms with E-state index in [0.29, 0.717) is 23.7 Å². The highest BCUT2D eigenvalue weighted by atomic mass is 16.5. The normalized spacial score (nSPS) is 16.7. The molecule has 3 amide bonds. The van der Waals surface area contributed by atoms with Crippen molar-refractivity contribution in [2.75, 3.05) is 39.2 Å². The number of hydrogen-bond donors (Lipinski definition) is 2. The molecule has 1 fully saturated rings. The molecule has 0 aromatic heterocycles. The summed E-state index contributed by atoms with van der Waals surface area (Å²) in [6.07, 6.45) is 3.17. The number of aryl methyl sites for hydroxylation is 1.